The van der Waals surface area contributed by atoms with Crippen LogP contribution in [0.25, 0.3) is 0 Å². The van der Waals surface area contributed by atoms with E-state index >= 15 is 0 Å². The first kappa shape index (κ1) is 14.9. The van der Waals surface area contributed by atoms with Crippen LogP contribution in [0.1, 0.15) is 30.9 Å². The Morgan fingerprint density at radius 2 is 1.76 bits per heavy atom. The highest BCUT2D eigenvalue weighted by molar-refractivity contribution is 5.20. The van der Waals surface area contributed by atoms with E-state index in [0.717, 1.165) is 32.0 Å². The molecular formula is C17H26FN3. The zero-order valence-electron chi connectivity index (χ0n) is 12.7. The molecule has 4 heteroatoms. The van der Waals surface area contributed by atoms with Gasteiger partial charge in [-0.2, -0.15) is 0 Å². The van der Waals surface area contributed by atoms with E-state index in [0.29, 0.717) is 5.56 Å². The molecule has 2 fully saturated rings. The number of benzene rings is 1. The first-order valence-corrected chi connectivity index (χ1v) is 8.17. The lowest BCUT2D eigenvalue weighted by atomic mass is 10.0. The highest BCUT2D eigenvalue weighted by Crippen LogP contribution is 2.30. The second kappa shape index (κ2) is 6.86. The maximum atomic E-state index is 13.7. The van der Waals surface area contributed by atoms with Crippen molar-refractivity contribution in [1.29, 1.82) is 0 Å². The second-order valence-corrected chi connectivity index (χ2v) is 6.50. The standard InChI is InChI=1S/C17H26FN3/c18-16-4-2-1-3-15(16)17(19)7-8-20-9-11-21(12-10-20)13-14-5-6-14/h1-4,14,17H,5-13,19H2. The fourth-order valence-corrected chi connectivity index (χ4v) is 3.11. The molecule has 0 radical (unpaired) electrons. The molecule has 1 aliphatic carbocycles. The fraction of sp³-hybridized carbons (Fsp3) is 0.647. The van der Waals surface area contributed by atoms with Crippen molar-refractivity contribution in [3.05, 3.63) is 35.6 Å². The molecule has 0 aromatic heterocycles. The predicted octanol–water partition coefficient (Wildman–Crippen LogP) is 2.24. The molecule has 21 heavy (non-hydrogen) atoms. The van der Waals surface area contributed by atoms with Crippen molar-refractivity contribution < 1.29 is 4.39 Å². The molecular weight excluding hydrogens is 265 g/mol. The van der Waals surface area contributed by atoms with Crippen molar-refractivity contribution in [3.8, 4) is 0 Å². The van der Waals surface area contributed by atoms with E-state index in [1.165, 1.54) is 38.5 Å². The van der Waals surface area contributed by atoms with E-state index in [-0.39, 0.29) is 11.9 Å². The van der Waals surface area contributed by atoms with Crippen LogP contribution in [-0.2, 0) is 0 Å². The molecule has 3 rings (SSSR count). The van der Waals surface area contributed by atoms with Crippen molar-refractivity contribution >= 4 is 0 Å². The van der Waals surface area contributed by atoms with E-state index in [4.69, 9.17) is 5.73 Å². The van der Waals surface area contributed by atoms with E-state index in [9.17, 15) is 4.39 Å². The van der Waals surface area contributed by atoms with Gasteiger partial charge in [0.1, 0.15) is 5.82 Å². The number of piperazine rings is 1. The number of hydrogen-bond acceptors (Lipinski definition) is 3. The summed E-state index contributed by atoms with van der Waals surface area (Å²) in [5, 5.41) is 0. The monoisotopic (exact) mass is 291 g/mol. The lowest BCUT2D eigenvalue weighted by Gasteiger charge is -2.35. The summed E-state index contributed by atoms with van der Waals surface area (Å²) >= 11 is 0. The zero-order valence-corrected chi connectivity index (χ0v) is 12.7. The molecule has 1 heterocycles. The summed E-state index contributed by atoms with van der Waals surface area (Å²) in [6, 6.07) is 6.66. The van der Waals surface area contributed by atoms with Crippen LogP contribution in [0.4, 0.5) is 4.39 Å². The summed E-state index contributed by atoms with van der Waals surface area (Å²) in [4.78, 5) is 5.05. The Morgan fingerprint density at radius 3 is 2.43 bits per heavy atom. The van der Waals surface area contributed by atoms with Crippen LogP contribution < -0.4 is 5.73 Å². The highest BCUT2D eigenvalue weighted by Gasteiger charge is 2.26. The Kier molecular flexibility index (Phi) is 4.88. The van der Waals surface area contributed by atoms with Crippen molar-refractivity contribution in [1.82, 2.24) is 9.80 Å². The van der Waals surface area contributed by atoms with Gasteiger partial charge in [-0.25, -0.2) is 4.39 Å². The van der Waals surface area contributed by atoms with Crippen LogP contribution >= 0.6 is 0 Å². The van der Waals surface area contributed by atoms with Gasteiger partial charge < -0.3 is 15.5 Å². The van der Waals surface area contributed by atoms with Crippen LogP contribution in [0, 0.1) is 11.7 Å². The summed E-state index contributed by atoms with van der Waals surface area (Å²) in [5.74, 6) is 0.797. The maximum Gasteiger partial charge on any atom is 0.127 e. The lowest BCUT2D eigenvalue weighted by Crippen LogP contribution is -2.47. The lowest BCUT2D eigenvalue weighted by molar-refractivity contribution is 0.125. The van der Waals surface area contributed by atoms with Gasteiger partial charge in [0, 0.05) is 50.9 Å². The summed E-state index contributed by atoms with van der Waals surface area (Å²) < 4.78 is 13.7. The number of nitrogens with two attached hydrogens (primary N) is 1. The SMILES string of the molecule is NC(CCN1CCN(CC2CC2)CC1)c1ccccc1F. The molecule has 2 aliphatic rings. The van der Waals surface area contributed by atoms with Gasteiger partial charge in [-0.1, -0.05) is 18.2 Å². The van der Waals surface area contributed by atoms with E-state index < -0.39 is 0 Å². The normalized spacial score (nSPS) is 22.4. The topological polar surface area (TPSA) is 32.5 Å². The minimum absolute atomic E-state index is 0.181. The molecule has 0 bridgehead atoms. The number of hydrogen-bond donors (Lipinski definition) is 1. The predicted molar refractivity (Wildman–Crippen MR) is 83.5 cm³/mol. The Morgan fingerprint density at radius 1 is 1.10 bits per heavy atom. The molecule has 1 aliphatic heterocycles. The highest BCUT2D eigenvalue weighted by atomic mass is 19.1. The average molecular weight is 291 g/mol. The molecule has 1 saturated heterocycles. The molecule has 1 saturated carbocycles. The molecule has 2 N–H and O–H groups in total. The van der Waals surface area contributed by atoms with Gasteiger partial charge in [0.2, 0.25) is 0 Å². The zero-order chi connectivity index (χ0) is 14.7. The number of rotatable bonds is 6. The third kappa shape index (κ3) is 4.25. The molecule has 1 aromatic carbocycles. The molecule has 0 spiro atoms. The smallest absolute Gasteiger partial charge is 0.127 e. The van der Waals surface area contributed by atoms with Crippen LogP contribution in [0.3, 0.4) is 0 Å². The minimum Gasteiger partial charge on any atom is -0.324 e. The van der Waals surface area contributed by atoms with Crippen molar-refractivity contribution in [2.45, 2.75) is 25.3 Å². The minimum atomic E-state index is -0.198. The second-order valence-electron chi connectivity index (χ2n) is 6.50. The van der Waals surface area contributed by atoms with Crippen molar-refractivity contribution in [2.75, 3.05) is 39.3 Å². The Hall–Kier alpha value is -0.970. The van der Waals surface area contributed by atoms with Crippen LogP contribution in [0.2, 0.25) is 0 Å². The number of halogens is 1. The Bertz CT molecular complexity index is 453. The van der Waals surface area contributed by atoms with E-state index in [1.807, 2.05) is 6.07 Å². The summed E-state index contributed by atoms with van der Waals surface area (Å²) in [7, 11) is 0. The Balaban J connectivity index is 1.40. The first-order valence-electron chi connectivity index (χ1n) is 8.17. The van der Waals surface area contributed by atoms with Gasteiger partial charge in [0.15, 0.2) is 0 Å². The summed E-state index contributed by atoms with van der Waals surface area (Å²) in [6.45, 7) is 6.85. The maximum absolute atomic E-state index is 13.7. The van der Waals surface area contributed by atoms with Gasteiger partial charge >= 0.3 is 0 Å². The third-order valence-corrected chi connectivity index (χ3v) is 4.74. The van der Waals surface area contributed by atoms with E-state index in [1.54, 1.807) is 12.1 Å². The average Bonchev–Trinajstić information content (AvgIpc) is 3.31. The van der Waals surface area contributed by atoms with Gasteiger partial charge in [-0.3, -0.25) is 0 Å². The van der Waals surface area contributed by atoms with E-state index in [2.05, 4.69) is 9.80 Å². The molecule has 1 unspecified atom stereocenters. The molecule has 1 aromatic rings. The number of nitrogens with zero attached hydrogens (tertiary/aromatic N) is 2. The van der Waals surface area contributed by atoms with Gasteiger partial charge in [-0.15, -0.1) is 0 Å². The van der Waals surface area contributed by atoms with Crippen LogP contribution in [0.5, 0.6) is 0 Å². The largest absolute Gasteiger partial charge is 0.324 e. The Labute approximate surface area is 126 Å². The summed E-state index contributed by atoms with van der Waals surface area (Å²) in [6.07, 6.45) is 3.68. The molecule has 0 amide bonds. The third-order valence-electron chi connectivity index (χ3n) is 4.74. The quantitative estimate of drug-likeness (QED) is 0.872. The molecule has 3 nitrogen and oxygen atoms in total. The van der Waals surface area contributed by atoms with Crippen LogP contribution in [-0.4, -0.2) is 49.1 Å². The van der Waals surface area contributed by atoms with Gasteiger partial charge in [-0.05, 0) is 31.2 Å². The summed E-state index contributed by atoms with van der Waals surface area (Å²) in [5.41, 5.74) is 6.78. The van der Waals surface area contributed by atoms with Gasteiger partial charge in [0.25, 0.3) is 0 Å². The van der Waals surface area contributed by atoms with Crippen molar-refractivity contribution in [3.63, 3.8) is 0 Å². The van der Waals surface area contributed by atoms with Gasteiger partial charge in [0.05, 0.1) is 0 Å². The fourth-order valence-electron chi connectivity index (χ4n) is 3.11. The first-order chi connectivity index (χ1) is 10.2. The molecule has 1 atom stereocenters. The van der Waals surface area contributed by atoms with Crippen LogP contribution in [0.15, 0.2) is 24.3 Å². The van der Waals surface area contributed by atoms with Crippen molar-refractivity contribution in [2.24, 2.45) is 11.7 Å². The molecule has 116 valence electrons.